The van der Waals surface area contributed by atoms with E-state index in [4.69, 9.17) is 10.2 Å². The summed E-state index contributed by atoms with van der Waals surface area (Å²) in [6, 6.07) is 3.86. The number of amides is 2. The van der Waals surface area contributed by atoms with Gasteiger partial charge in [-0.15, -0.1) is 11.3 Å². The van der Waals surface area contributed by atoms with Crippen molar-refractivity contribution in [3.8, 4) is 10.8 Å². The minimum Gasteiger partial charge on any atom is -0.440 e. The van der Waals surface area contributed by atoms with E-state index in [0.29, 0.717) is 36.9 Å². The Hall–Kier alpha value is -2.15. The molecule has 1 unspecified atom stereocenters. The Morgan fingerprint density at radius 2 is 2.36 bits per heavy atom. The molecule has 2 aromatic heterocycles. The Balaban J connectivity index is 1.69. The molecule has 1 atom stereocenters. The summed E-state index contributed by atoms with van der Waals surface area (Å²) in [5, 5.41) is 1.95. The van der Waals surface area contributed by atoms with Crippen LogP contribution in [0.15, 0.2) is 21.9 Å². The molecular formula is C15H17N3O3S. The molecule has 6 nitrogen and oxygen atoms in total. The molecule has 1 aliphatic heterocycles. The molecule has 0 spiro atoms. The first-order chi connectivity index (χ1) is 10.5. The van der Waals surface area contributed by atoms with Crippen molar-refractivity contribution < 1.29 is 14.0 Å². The quantitative estimate of drug-likeness (QED) is 0.926. The number of rotatable bonds is 4. The van der Waals surface area contributed by atoms with E-state index in [9.17, 15) is 9.59 Å². The number of likely N-dealkylation sites (tertiary alicyclic amines) is 1. The Bertz CT molecular complexity index is 693. The van der Waals surface area contributed by atoms with Crippen molar-refractivity contribution in [2.75, 3.05) is 13.1 Å². The molecule has 0 bridgehead atoms. The molecule has 1 fully saturated rings. The standard InChI is InChI=1S/C15H17N3O3S/c1-9-11(17-15(21-9)12-3-2-6-22-12)7-13(19)18-5-4-10(8-18)14(16)20/h2-3,6,10H,4-5,7-8H2,1H3,(H2,16,20). The molecule has 0 radical (unpaired) electrons. The van der Waals surface area contributed by atoms with Crippen LogP contribution in [0.5, 0.6) is 0 Å². The maximum atomic E-state index is 12.3. The van der Waals surface area contributed by atoms with Gasteiger partial charge < -0.3 is 15.1 Å². The topological polar surface area (TPSA) is 89.4 Å². The average molecular weight is 319 g/mol. The fraction of sp³-hybridized carbons (Fsp3) is 0.400. The number of carbonyl (C=O) groups is 2. The molecule has 2 N–H and O–H groups in total. The average Bonchev–Trinajstić information content (AvgIpc) is 3.18. The fourth-order valence-electron chi connectivity index (χ4n) is 2.57. The van der Waals surface area contributed by atoms with Gasteiger partial charge >= 0.3 is 0 Å². The van der Waals surface area contributed by atoms with Gasteiger partial charge in [-0.1, -0.05) is 6.07 Å². The van der Waals surface area contributed by atoms with Crippen LogP contribution in [0.4, 0.5) is 0 Å². The van der Waals surface area contributed by atoms with E-state index < -0.39 is 0 Å². The van der Waals surface area contributed by atoms with E-state index >= 15 is 0 Å². The van der Waals surface area contributed by atoms with Crippen molar-refractivity contribution in [2.45, 2.75) is 19.8 Å². The number of hydrogen-bond donors (Lipinski definition) is 1. The highest BCUT2D eigenvalue weighted by Gasteiger charge is 2.30. The van der Waals surface area contributed by atoms with Crippen molar-refractivity contribution >= 4 is 23.2 Å². The van der Waals surface area contributed by atoms with Gasteiger partial charge in [0.1, 0.15) is 5.76 Å². The lowest BCUT2D eigenvalue weighted by molar-refractivity contribution is -0.129. The number of thiophene rings is 1. The molecule has 116 valence electrons. The molecule has 22 heavy (non-hydrogen) atoms. The first-order valence-electron chi connectivity index (χ1n) is 7.12. The maximum absolute atomic E-state index is 12.3. The van der Waals surface area contributed by atoms with Crippen molar-refractivity contribution in [2.24, 2.45) is 11.7 Å². The monoisotopic (exact) mass is 319 g/mol. The van der Waals surface area contributed by atoms with Crippen LogP contribution in [0.25, 0.3) is 10.8 Å². The van der Waals surface area contributed by atoms with Crippen LogP contribution in [0.3, 0.4) is 0 Å². The van der Waals surface area contributed by atoms with Crippen LogP contribution in [0.1, 0.15) is 17.9 Å². The highest BCUT2D eigenvalue weighted by atomic mass is 32.1. The summed E-state index contributed by atoms with van der Waals surface area (Å²) in [5.41, 5.74) is 5.94. The molecule has 1 saturated heterocycles. The van der Waals surface area contributed by atoms with Gasteiger partial charge in [0.05, 0.1) is 22.9 Å². The number of carbonyl (C=O) groups excluding carboxylic acids is 2. The number of nitrogens with zero attached hydrogens (tertiary/aromatic N) is 2. The second-order valence-corrected chi connectivity index (χ2v) is 6.35. The molecule has 2 amide bonds. The summed E-state index contributed by atoms with van der Waals surface area (Å²) in [6.07, 6.45) is 0.825. The van der Waals surface area contributed by atoms with Crippen molar-refractivity contribution in [3.05, 3.63) is 29.0 Å². The Morgan fingerprint density at radius 3 is 3.00 bits per heavy atom. The van der Waals surface area contributed by atoms with Crippen LogP contribution >= 0.6 is 11.3 Å². The zero-order valence-corrected chi connectivity index (χ0v) is 13.1. The predicted molar refractivity (Wildman–Crippen MR) is 82.1 cm³/mol. The molecule has 1 aliphatic rings. The molecule has 0 aliphatic carbocycles. The molecule has 0 saturated carbocycles. The van der Waals surface area contributed by atoms with Gasteiger partial charge in [-0.3, -0.25) is 9.59 Å². The predicted octanol–water partition coefficient (Wildman–Crippen LogP) is 1.59. The number of hydrogen-bond acceptors (Lipinski definition) is 5. The first kappa shape index (κ1) is 14.8. The Kier molecular flexibility index (Phi) is 3.98. The van der Waals surface area contributed by atoms with Gasteiger partial charge in [-0.05, 0) is 24.8 Å². The molecule has 3 rings (SSSR count). The minimum absolute atomic E-state index is 0.0436. The summed E-state index contributed by atoms with van der Waals surface area (Å²) in [5.74, 6) is 0.587. The largest absolute Gasteiger partial charge is 0.440 e. The third kappa shape index (κ3) is 2.89. The number of aromatic nitrogens is 1. The lowest BCUT2D eigenvalue weighted by atomic mass is 10.1. The Labute approximate surface area is 131 Å². The summed E-state index contributed by atoms with van der Waals surface area (Å²) in [7, 11) is 0. The molecule has 3 heterocycles. The second-order valence-electron chi connectivity index (χ2n) is 5.40. The molecule has 2 aromatic rings. The first-order valence-corrected chi connectivity index (χ1v) is 8.00. The minimum atomic E-state index is -0.340. The third-order valence-electron chi connectivity index (χ3n) is 3.89. The summed E-state index contributed by atoms with van der Waals surface area (Å²) < 4.78 is 5.64. The second kappa shape index (κ2) is 5.92. The van der Waals surface area contributed by atoms with Gasteiger partial charge in [0.25, 0.3) is 0 Å². The molecular weight excluding hydrogens is 302 g/mol. The number of primary amides is 1. The zero-order chi connectivity index (χ0) is 15.7. The van der Waals surface area contributed by atoms with Crippen molar-refractivity contribution in [1.82, 2.24) is 9.88 Å². The van der Waals surface area contributed by atoms with Crippen LogP contribution in [-0.2, 0) is 16.0 Å². The smallest absolute Gasteiger partial charge is 0.236 e. The highest BCUT2D eigenvalue weighted by molar-refractivity contribution is 7.13. The highest BCUT2D eigenvalue weighted by Crippen LogP contribution is 2.26. The van der Waals surface area contributed by atoms with Gasteiger partial charge in [0.15, 0.2) is 0 Å². The number of aryl methyl sites for hydroxylation is 1. The van der Waals surface area contributed by atoms with Crippen molar-refractivity contribution in [1.29, 1.82) is 0 Å². The fourth-order valence-corrected chi connectivity index (χ4v) is 3.22. The van der Waals surface area contributed by atoms with Crippen LogP contribution in [0.2, 0.25) is 0 Å². The number of nitrogens with two attached hydrogens (primary N) is 1. The van der Waals surface area contributed by atoms with Crippen LogP contribution < -0.4 is 5.73 Å². The van der Waals surface area contributed by atoms with E-state index in [2.05, 4.69) is 4.98 Å². The third-order valence-corrected chi connectivity index (χ3v) is 4.74. The Morgan fingerprint density at radius 1 is 1.55 bits per heavy atom. The van der Waals surface area contributed by atoms with Crippen LogP contribution in [-0.4, -0.2) is 34.8 Å². The van der Waals surface area contributed by atoms with E-state index in [0.717, 1.165) is 4.88 Å². The lowest BCUT2D eigenvalue weighted by Gasteiger charge is -2.15. The summed E-state index contributed by atoms with van der Waals surface area (Å²) in [6.45, 7) is 2.78. The van der Waals surface area contributed by atoms with Crippen molar-refractivity contribution in [3.63, 3.8) is 0 Å². The van der Waals surface area contributed by atoms with E-state index in [1.807, 2.05) is 24.4 Å². The normalized spacial score (nSPS) is 17.9. The van der Waals surface area contributed by atoms with E-state index in [1.165, 1.54) is 0 Å². The van der Waals surface area contributed by atoms with Gasteiger partial charge in [-0.2, -0.15) is 0 Å². The van der Waals surface area contributed by atoms with E-state index in [1.54, 1.807) is 16.2 Å². The molecule has 0 aromatic carbocycles. The van der Waals surface area contributed by atoms with Gasteiger partial charge in [0, 0.05) is 13.1 Å². The zero-order valence-electron chi connectivity index (χ0n) is 12.2. The summed E-state index contributed by atoms with van der Waals surface area (Å²) >= 11 is 1.54. The SMILES string of the molecule is Cc1oc(-c2cccs2)nc1CC(=O)N1CCC(C(N)=O)C1. The van der Waals surface area contributed by atoms with Crippen LogP contribution in [0, 0.1) is 12.8 Å². The van der Waals surface area contributed by atoms with Gasteiger partial charge in [0.2, 0.25) is 17.7 Å². The summed E-state index contributed by atoms with van der Waals surface area (Å²) in [4.78, 5) is 30.5. The lowest BCUT2D eigenvalue weighted by Crippen LogP contribution is -2.32. The van der Waals surface area contributed by atoms with E-state index in [-0.39, 0.29) is 24.2 Å². The van der Waals surface area contributed by atoms with Gasteiger partial charge in [-0.25, -0.2) is 4.98 Å². The molecule has 7 heteroatoms. The number of oxazole rings is 1. The maximum Gasteiger partial charge on any atom is 0.236 e.